The van der Waals surface area contributed by atoms with Gasteiger partial charge in [-0.05, 0) is 48.7 Å². The summed E-state index contributed by atoms with van der Waals surface area (Å²) in [5, 5.41) is 0.496. The lowest BCUT2D eigenvalue weighted by atomic mass is 9.97. The van der Waals surface area contributed by atoms with E-state index in [-0.39, 0.29) is 17.1 Å². The van der Waals surface area contributed by atoms with Crippen LogP contribution in [0, 0.1) is 13.8 Å². The third-order valence-corrected chi connectivity index (χ3v) is 5.29. The molecule has 1 unspecified atom stereocenters. The molecular weight excluding hydrogens is 378 g/mol. The summed E-state index contributed by atoms with van der Waals surface area (Å²) in [5.74, 6) is 0.495. The molecule has 4 rings (SSSR count). The average molecular weight is 401 g/mol. The van der Waals surface area contributed by atoms with Crippen LogP contribution < -0.4 is 10.2 Å². The van der Waals surface area contributed by atoms with Gasteiger partial charge in [0.05, 0.1) is 17.0 Å². The van der Waals surface area contributed by atoms with Crippen molar-refractivity contribution in [3.05, 3.63) is 99.9 Å². The molecule has 0 radical (unpaired) electrons. The van der Waals surface area contributed by atoms with Crippen LogP contribution in [0.25, 0.3) is 11.0 Å². The van der Waals surface area contributed by atoms with E-state index in [9.17, 15) is 9.59 Å². The minimum atomic E-state index is -0.541. The molecule has 0 fully saturated rings. The summed E-state index contributed by atoms with van der Waals surface area (Å²) in [4.78, 5) is 28.3. The zero-order chi connectivity index (χ0) is 21.4. The SMILES string of the molecule is C=CCOc1ccc(C2c3c(oc4c(C)cc(C)cc4c3=O)C(=O)N2CC=C)cc1. The van der Waals surface area contributed by atoms with Gasteiger partial charge in [-0.2, -0.15) is 0 Å². The Morgan fingerprint density at radius 2 is 1.83 bits per heavy atom. The zero-order valence-electron chi connectivity index (χ0n) is 17.1. The van der Waals surface area contributed by atoms with Gasteiger partial charge in [0.15, 0.2) is 5.43 Å². The second-order valence-corrected chi connectivity index (χ2v) is 7.45. The highest BCUT2D eigenvalue weighted by Gasteiger charge is 2.42. The highest BCUT2D eigenvalue weighted by Crippen LogP contribution is 2.39. The molecule has 1 aliphatic heterocycles. The molecule has 2 heterocycles. The number of carbonyl (C=O) groups excluding carboxylic acids is 1. The first-order valence-electron chi connectivity index (χ1n) is 9.79. The molecule has 3 aromatic rings. The molecule has 0 spiro atoms. The maximum atomic E-state index is 13.5. The van der Waals surface area contributed by atoms with Crippen molar-refractivity contribution in [2.24, 2.45) is 0 Å². The largest absolute Gasteiger partial charge is 0.490 e. The van der Waals surface area contributed by atoms with Gasteiger partial charge in [-0.25, -0.2) is 0 Å². The molecule has 0 saturated heterocycles. The monoisotopic (exact) mass is 401 g/mol. The van der Waals surface area contributed by atoms with Gasteiger partial charge in [-0.3, -0.25) is 9.59 Å². The summed E-state index contributed by atoms with van der Waals surface area (Å²) in [7, 11) is 0. The number of aryl methyl sites for hydroxylation is 2. The number of hydrogen-bond donors (Lipinski definition) is 0. The Balaban J connectivity index is 1.92. The van der Waals surface area contributed by atoms with Crippen molar-refractivity contribution < 1.29 is 13.9 Å². The van der Waals surface area contributed by atoms with E-state index in [1.165, 1.54) is 0 Å². The van der Waals surface area contributed by atoms with Crippen LogP contribution in [0.5, 0.6) is 5.75 Å². The molecule has 1 aromatic heterocycles. The first-order chi connectivity index (χ1) is 14.5. The molecule has 152 valence electrons. The highest BCUT2D eigenvalue weighted by atomic mass is 16.5. The van der Waals surface area contributed by atoms with Gasteiger partial charge >= 0.3 is 0 Å². The van der Waals surface area contributed by atoms with E-state index in [4.69, 9.17) is 9.15 Å². The predicted octanol–water partition coefficient (Wildman–Crippen LogP) is 4.71. The molecule has 5 heteroatoms. The van der Waals surface area contributed by atoms with Crippen molar-refractivity contribution in [2.75, 3.05) is 13.2 Å². The van der Waals surface area contributed by atoms with Gasteiger partial charge in [0.1, 0.15) is 17.9 Å². The lowest BCUT2D eigenvalue weighted by molar-refractivity contribution is 0.0748. The second kappa shape index (κ2) is 7.67. The summed E-state index contributed by atoms with van der Waals surface area (Å²) in [6.07, 6.45) is 3.32. The third kappa shape index (κ3) is 3.12. The Labute approximate surface area is 174 Å². The van der Waals surface area contributed by atoms with Gasteiger partial charge in [0.25, 0.3) is 5.91 Å². The maximum absolute atomic E-state index is 13.5. The molecule has 2 aromatic carbocycles. The summed E-state index contributed by atoms with van der Waals surface area (Å²) in [6, 6.07) is 10.6. The van der Waals surface area contributed by atoms with Gasteiger partial charge < -0.3 is 14.1 Å². The second-order valence-electron chi connectivity index (χ2n) is 7.45. The first kappa shape index (κ1) is 19.7. The Bertz CT molecular complexity index is 1220. The van der Waals surface area contributed by atoms with Crippen molar-refractivity contribution in [1.29, 1.82) is 0 Å². The fourth-order valence-electron chi connectivity index (χ4n) is 4.05. The number of benzene rings is 2. The van der Waals surface area contributed by atoms with Crippen LogP contribution >= 0.6 is 0 Å². The van der Waals surface area contributed by atoms with Gasteiger partial charge in [-0.1, -0.05) is 36.9 Å². The van der Waals surface area contributed by atoms with E-state index in [0.29, 0.717) is 35.4 Å². The molecule has 0 aliphatic carbocycles. The van der Waals surface area contributed by atoms with E-state index < -0.39 is 6.04 Å². The molecule has 1 amide bonds. The highest BCUT2D eigenvalue weighted by molar-refractivity contribution is 5.99. The first-order valence-corrected chi connectivity index (χ1v) is 9.79. The Hall–Kier alpha value is -3.60. The van der Waals surface area contributed by atoms with Crippen LogP contribution in [0.1, 0.15) is 38.9 Å². The van der Waals surface area contributed by atoms with Crippen molar-refractivity contribution in [2.45, 2.75) is 19.9 Å². The Morgan fingerprint density at radius 1 is 1.10 bits per heavy atom. The summed E-state index contributed by atoms with van der Waals surface area (Å²) >= 11 is 0. The quantitative estimate of drug-likeness (QED) is 0.562. The number of ether oxygens (including phenoxy) is 1. The third-order valence-electron chi connectivity index (χ3n) is 5.29. The van der Waals surface area contributed by atoms with E-state index in [2.05, 4.69) is 13.2 Å². The standard InChI is InChI=1S/C25H23NO4/c1-5-11-26-21(17-7-9-18(10-8-17)29-12-6-2)20-22(27)19-14-15(3)13-16(4)23(19)30-24(20)25(26)28/h5-10,13-14,21H,1-2,11-12H2,3-4H3. The summed E-state index contributed by atoms with van der Waals surface area (Å²) in [6.45, 7) is 11.9. The topological polar surface area (TPSA) is 59.8 Å². The Morgan fingerprint density at radius 3 is 2.50 bits per heavy atom. The molecule has 5 nitrogen and oxygen atoms in total. The molecule has 0 N–H and O–H groups in total. The summed E-state index contributed by atoms with van der Waals surface area (Å²) < 4.78 is 11.6. The number of nitrogens with zero attached hydrogens (tertiary/aromatic N) is 1. The van der Waals surface area contributed by atoms with Gasteiger partial charge in [0, 0.05) is 6.54 Å². The smallest absolute Gasteiger partial charge is 0.291 e. The van der Waals surface area contributed by atoms with E-state index >= 15 is 0 Å². The number of hydrogen-bond acceptors (Lipinski definition) is 4. The molecular formula is C25H23NO4. The van der Waals surface area contributed by atoms with Crippen LogP contribution in [-0.4, -0.2) is 24.0 Å². The van der Waals surface area contributed by atoms with Crippen LogP contribution in [0.3, 0.4) is 0 Å². The van der Waals surface area contributed by atoms with Gasteiger partial charge in [0.2, 0.25) is 5.76 Å². The normalized spacial score (nSPS) is 15.3. The minimum absolute atomic E-state index is 0.110. The van der Waals surface area contributed by atoms with Crippen molar-refractivity contribution in [3.63, 3.8) is 0 Å². The van der Waals surface area contributed by atoms with Gasteiger partial charge in [-0.15, -0.1) is 6.58 Å². The lowest BCUT2D eigenvalue weighted by Gasteiger charge is -2.23. The number of amides is 1. The molecule has 30 heavy (non-hydrogen) atoms. The maximum Gasteiger partial charge on any atom is 0.291 e. The lowest BCUT2D eigenvalue weighted by Crippen LogP contribution is -2.29. The number of carbonyl (C=O) groups is 1. The van der Waals surface area contributed by atoms with Crippen LogP contribution in [0.4, 0.5) is 0 Å². The van der Waals surface area contributed by atoms with Crippen molar-refractivity contribution >= 4 is 16.9 Å². The zero-order valence-corrected chi connectivity index (χ0v) is 17.1. The summed E-state index contributed by atoms with van der Waals surface area (Å²) in [5.41, 5.74) is 3.28. The van der Waals surface area contributed by atoms with Crippen LogP contribution in [-0.2, 0) is 0 Å². The van der Waals surface area contributed by atoms with Crippen molar-refractivity contribution in [1.82, 2.24) is 4.90 Å². The fraction of sp³-hybridized carbons (Fsp3) is 0.200. The van der Waals surface area contributed by atoms with Crippen molar-refractivity contribution in [3.8, 4) is 5.75 Å². The number of rotatable bonds is 6. The fourth-order valence-corrected chi connectivity index (χ4v) is 4.05. The number of fused-ring (bicyclic) bond motifs is 2. The molecule has 1 atom stereocenters. The molecule has 0 saturated carbocycles. The Kier molecular flexibility index (Phi) is 5.04. The van der Waals surface area contributed by atoms with Crippen LogP contribution in [0.15, 0.2) is 70.9 Å². The minimum Gasteiger partial charge on any atom is -0.490 e. The van der Waals surface area contributed by atoms with E-state index in [1.54, 1.807) is 17.1 Å². The van der Waals surface area contributed by atoms with E-state index in [0.717, 1.165) is 16.7 Å². The average Bonchev–Trinajstić information content (AvgIpc) is 3.00. The van der Waals surface area contributed by atoms with Crippen LogP contribution in [0.2, 0.25) is 0 Å². The predicted molar refractivity (Wildman–Crippen MR) is 117 cm³/mol. The molecule has 0 bridgehead atoms. The molecule has 1 aliphatic rings. The van der Waals surface area contributed by atoms with E-state index in [1.807, 2.05) is 50.2 Å².